The van der Waals surface area contributed by atoms with Gasteiger partial charge < -0.3 is 5.32 Å². The van der Waals surface area contributed by atoms with Gasteiger partial charge >= 0.3 is 0 Å². The summed E-state index contributed by atoms with van der Waals surface area (Å²) in [6.07, 6.45) is 11.1. The lowest BCUT2D eigenvalue weighted by atomic mass is 9.96. The van der Waals surface area contributed by atoms with Gasteiger partial charge in [0.1, 0.15) is 5.82 Å². The van der Waals surface area contributed by atoms with Gasteiger partial charge in [0.25, 0.3) is 0 Å². The van der Waals surface area contributed by atoms with E-state index in [4.69, 9.17) is 0 Å². The van der Waals surface area contributed by atoms with Crippen LogP contribution in [0.5, 0.6) is 0 Å². The molecule has 0 saturated heterocycles. The van der Waals surface area contributed by atoms with Gasteiger partial charge in [-0.2, -0.15) is 5.10 Å². The smallest absolute Gasteiger partial charge is 0.249 e. The van der Waals surface area contributed by atoms with Gasteiger partial charge in [-0.15, -0.1) is 11.3 Å². The highest BCUT2D eigenvalue weighted by atomic mass is 32.1. The second-order valence-corrected chi connectivity index (χ2v) is 6.63. The molecule has 5 nitrogen and oxygen atoms in total. The molecule has 1 aliphatic carbocycles. The fraction of sp³-hybridized carbons (Fsp3) is 0.438. The normalized spacial score (nSPS) is 16.2. The van der Waals surface area contributed by atoms with E-state index in [0.717, 1.165) is 29.4 Å². The van der Waals surface area contributed by atoms with Crippen molar-refractivity contribution in [2.45, 2.75) is 45.1 Å². The second kappa shape index (κ2) is 6.87. The molecule has 1 saturated carbocycles. The standard InChI is InChI=1S/C16H20N4OS/c1-12-18-13(11-22-12)7-8-16(21)19-15-9-10-17-20(15)14-5-3-2-4-6-14/h7-11,14H,2-6H2,1H3,(H,19,21)/b8-7+. The van der Waals surface area contributed by atoms with Crippen LogP contribution >= 0.6 is 11.3 Å². The lowest BCUT2D eigenvalue weighted by Gasteiger charge is -2.23. The number of anilines is 1. The molecule has 0 aliphatic heterocycles. The average molecular weight is 316 g/mol. The summed E-state index contributed by atoms with van der Waals surface area (Å²) in [5.74, 6) is 0.624. The van der Waals surface area contributed by atoms with Crippen LogP contribution in [0.15, 0.2) is 23.7 Å². The molecule has 2 heterocycles. The highest BCUT2D eigenvalue weighted by molar-refractivity contribution is 7.09. The van der Waals surface area contributed by atoms with E-state index in [2.05, 4.69) is 15.4 Å². The maximum atomic E-state index is 12.1. The van der Waals surface area contributed by atoms with Gasteiger partial charge in [-0.3, -0.25) is 4.79 Å². The first kappa shape index (κ1) is 15.0. The molecule has 0 aromatic carbocycles. The average Bonchev–Trinajstić information content (AvgIpc) is 3.15. The highest BCUT2D eigenvalue weighted by Gasteiger charge is 2.18. The molecule has 1 fully saturated rings. The van der Waals surface area contributed by atoms with Crippen molar-refractivity contribution >= 4 is 29.1 Å². The van der Waals surface area contributed by atoms with E-state index in [1.807, 2.05) is 23.1 Å². The third kappa shape index (κ3) is 3.62. The van der Waals surface area contributed by atoms with E-state index >= 15 is 0 Å². The van der Waals surface area contributed by atoms with Gasteiger partial charge in [-0.05, 0) is 25.8 Å². The summed E-state index contributed by atoms with van der Waals surface area (Å²) in [5.41, 5.74) is 0.818. The van der Waals surface area contributed by atoms with Gasteiger partial charge in [0.2, 0.25) is 5.91 Å². The molecule has 1 amide bonds. The predicted molar refractivity (Wildman–Crippen MR) is 88.9 cm³/mol. The lowest BCUT2D eigenvalue weighted by molar-refractivity contribution is -0.111. The Bertz CT molecular complexity index is 667. The zero-order valence-electron chi connectivity index (χ0n) is 12.7. The molecule has 0 bridgehead atoms. The minimum absolute atomic E-state index is 0.150. The Kier molecular flexibility index (Phi) is 4.68. The monoisotopic (exact) mass is 316 g/mol. The molecule has 2 aromatic rings. The van der Waals surface area contributed by atoms with Crippen molar-refractivity contribution in [1.82, 2.24) is 14.8 Å². The zero-order valence-corrected chi connectivity index (χ0v) is 13.5. The van der Waals surface area contributed by atoms with Crippen molar-refractivity contribution < 1.29 is 4.79 Å². The minimum atomic E-state index is -0.150. The quantitative estimate of drug-likeness (QED) is 0.873. The molecule has 116 valence electrons. The van der Waals surface area contributed by atoms with E-state index in [9.17, 15) is 4.79 Å². The molecule has 0 unspecified atom stereocenters. The molecule has 1 aliphatic rings. The van der Waals surface area contributed by atoms with Gasteiger partial charge in [0, 0.05) is 17.5 Å². The largest absolute Gasteiger partial charge is 0.307 e. The first-order valence-corrected chi connectivity index (χ1v) is 8.55. The number of rotatable bonds is 4. The fourth-order valence-corrected chi connectivity index (χ4v) is 3.40. The molecule has 1 N–H and O–H groups in total. The van der Waals surface area contributed by atoms with Crippen LogP contribution in [0.25, 0.3) is 6.08 Å². The van der Waals surface area contributed by atoms with Crippen LogP contribution < -0.4 is 5.32 Å². The van der Waals surface area contributed by atoms with E-state index in [-0.39, 0.29) is 5.91 Å². The van der Waals surface area contributed by atoms with Crippen LogP contribution in [0.4, 0.5) is 5.82 Å². The molecular weight excluding hydrogens is 296 g/mol. The number of hydrogen-bond acceptors (Lipinski definition) is 4. The first-order chi connectivity index (χ1) is 10.7. The Hall–Kier alpha value is -1.95. The van der Waals surface area contributed by atoms with Gasteiger partial charge in [-0.25, -0.2) is 9.67 Å². The number of carbonyl (C=O) groups is 1. The number of nitrogens with one attached hydrogen (secondary N) is 1. The number of carbonyl (C=O) groups excluding carboxylic acids is 1. The van der Waals surface area contributed by atoms with E-state index in [0.29, 0.717) is 6.04 Å². The number of amides is 1. The summed E-state index contributed by atoms with van der Waals surface area (Å²) in [5, 5.41) is 10.2. The van der Waals surface area contributed by atoms with Crippen molar-refractivity contribution in [3.8, 4) is 0 Å². The van der Waals surface area contributed by atoms with E-state index in [1.54, 1.807) is 23.6 Å². The fourth-order valence-electron chi connectivity index (χ4n) is 2.82. The zero-order chi connectivity index (χ0) is 15.4. The third-order valence-corrected chi connectivity index (χ3v) is 4.68. The highest BCUT2D eigenvalue weighted by Crippen LogP contribution is 2.29. The molecular formula is C16H20N4OS. The third-order valence-electron chi connectivity index (χ3n) is 3.88. The maximum Gasteiger partial charge on any atom is 0.249 e. The van der Waals surface area contributed by atoms with Crippen molar-refractivity contribution in [3.63, 3.8) is 0 Å². The molecule has 0 spiro atoms. The topological polar surface area (TPSA) is 59.8 Å². The molecule has 0 atom stereocenters. The van der Waals surface area contributed by atoms with Crippen molar-refractivity contribution in [2.24, 2.45) is 0 Å². The SMILES string of the molecule is Cc1nc(/C=C/C(=O)Nc2ccnn2C2CCCCC2)cs1. The van der Waals surface area contributed by atoms with Crippen molar-refractivity contribution in [2.75, 3.05) is 5.32 Å². The van der Waals surface area contributed by atoms with Gasteiger partial charge in [0.15, 0.2) is 0 Å². The summed E-state index contributed by atoms with van der Waals surface area (Å²) < 4.78 is 1.96. The van der Waals surface area contributed by atoms with Gasteiger partial charge in [-0.1, -0.05) is 19.3 Å². The molecule has 0 radical (unpaired) electrons. The van der Waals surface area contributed by atoms with Crippen LogP contribution in [-0.4, -0.2) is 20.7 Å². The number of thiazole rings is 1. The summed E-state index contributed by atoms with van der Waals surface area (Å²) in [6, 6.07) is 2.26. The Morgan fingerprint density at radius 2 is 2.23 bits per heavy atom. The summed E-state index contributed by atoms with van der Waals surface area (Å²) >= 11 is 1.57. The molecule has 3 rings (SSSR count). The summed E-state index contributed by atoms with van der Waals surface area (Å²) in [4.78, 5) is 16.4. The van der Waals surface area contributed by atoms with Crippen molar-refractivity contribution in [3.05, 3.63) is 34.4 Å². The van der Waals surface area contributed by atoms with E-state index in [1.165, 1.54) is 25.3 Å². The Morgan fingerprint density at radius 1 is 1.41 bits per heavy atom. The van der Waals surface area contributed by atoms with E-state index < -0.39 is 0 Å². The number of aromatic nitrogens is 3. The molecule has 2 aromatic heterocycles. The van der Waals surface area contributed by atoms with Gasteiger partial charge in [0.05, 0.1) is 22.9 Å². The number of hydrogen-bond donors (Lipinski definition) is 1. The van der Waals surface area contributed by atoms with Crippen LogP contribution in [0.2, 0.25) is 0 Å². The van der Waals surface area contributed by atoms with Crippen LogP contribution in [0.1, 0.15) is 48.8 Å². The van der Waals surface area contributed by atoms with Crippen LogP contribution in [0, 0.1) is 6.92 Å². The van der Waals surface area contributed by atoms with Crippen molar-refractivity contribution in [1.29, 1.82) is 0 Å². The first-order valence-electron chi connectivity index (χ1n) is 7.67. The Balaban J connectivity index is 1.64. The summed E-state index contributed by atoms with van der Waals surface area (Å²) in [6.45, 7) is 1.95. The number of aryl methyl sites for hydroxylation is 1. The predicted octanol–water partition coefficient (Wildman–Crippen LogP) is 3.81. The summed E-state index contributed by atoms with van der Waals surface area (Å²) in [7, 11) is 0. The van der Waals surface area contributed by atoms with Crippen LogP contribution in [0.3, 0.4) is 0 Å². The minimum Gasteiger partial charge on any atom is -0.307 e. The Labute approximate surface area is 134 Å². The maximum absolute atomic E-state index is 12.1. The Morgan fingerprint density at radius 3 is 2.95 bits per heavy atom. The molecule has 22 heavy (non-hydrogen) atoms. The van der Waals surface area contributed by atoms with Crippen LogP contribution in [-0.2, 0) is 4.79 Å². The molecule has 6 heteroatoms. The lowest BCUT2D eigenvalue weighted by Crippen LogP contribution is -2.19. The number of nitrogens with zero attached hydrogens (tertiary/aromatic N) is 3. The second-order valence-electron chi connectivity index (χ2n) is 5.57.